The first-order chi connectivity index (χ1) is 26.8. The van der Waals surface area contributed by atoms with Crippen LogP contribution < -0.4 is 0 Å². The lowest BCUT2D eigenvalue weighted by Crippen LogP contribution is -2.06. The lowest BCUT2D eigenvalue weighted by Gasteiger charge is -2.15. The topological polar surface area (TPSA) is 48.5 Å². The third-order valence-electron chi connectivity index (χ3n) is 11.1. The second kappa shape index (κ2) is 11.1. The average molecular weight is 688 g/mol. The maximum absolute atomic E-state index is 5.21. The van der Waals surface area contributed by atoms with Crippen molar-refractivity contribution in [2.45, 2.75) is 0 Å². The zero-order valence-electron chi connectivity index (χ0n) is 29.0. The molecule has 0 fully saturated rings. The Balaban J connectivity index is 1.22. The number of rotatable bonds is 4. The van der Waals surface area contributed by atoms with Crippen molar-refractivity contribution in [3.8, 4) is 56.7 Å². The SMILES string of the molecule is c1ccc(-c2nc(-c3ccccc3)nc(-n3c4cccc5c4c4c6c(cccc6ccc43)-c3cc4c6ccccc6n(-c6ccccc6)c4cc3-5)n2)cc1. The van der Waals surface area contributed by atoms with Crippen molar-refractivity contribution in [1.29, 1.82) is 0 Å². The molecule has 1 aliphatic rings. The van der Waals surface area contributed by atoms with Crippen LogP contribution in [0.15, 0.2) is 176 Å². The molecule has 0 N–H and O–H groups in total. The van der Waals surface area contributed by atoms with Gasteiger partial charge < -0.3 is 4.57 Å². The molecule has 0 spiro atoms. The minimum atomic E-state index is 0.595. The van der Waals surface area contributed by atoms with Crippen LogP contribution in [0.25, 0.3) is 111 Å². The Labute approximate surface area is 310 Å². The lowest BCUT2D eigenvalue weighted by atomic mass is 9.91. The molecule has 0 bridgehead atoms. The molecule has 0 saturated heterocycles. The molecule has 0 saturated carbocycles. The molecule has 0 amide bonds. The fourth-order valence-electron chi connectivity index (χ4n) is 8.80. The fraction of sp³-hybridized carbons (Fsp3) is 0. The summed E-state index contributed by atoms with van der Waals surface area (Å²) in [6, 6.07) is 62.6. The fourth-order valence-corrected chi connectivity index (χ4v) is 8.80. The van der Waals surface area contributed by atoms with Crippen LogP contribution in [-0.4, -0.2) is 24.1 Å². The van der Waals surface area contributed by atoms with Gasteiger partial charge in [0.25, 0.3) is 0 Å². The van der Waals surface area contributed by atoms with Crippen molar-refractivity contribution in [3.63, 3.8) is 0 Å². The number of para-hydroxylation sites is 2. The molecule has 5 heteroatoms. The van der Waals surface area contributed by atoms with Gasteiger partial charge in [0, 0.05) is 38.4 Å². The van der Waals surface area contributed by atoms with E-state index >= 15 is 0 Å². The predicted octanol–water partition coefficient (Wildman–Crippen LogP) is 12.2. The van der Waals surface area contributed by atoms with Gasteiger partial charge in [-0.25, -0.2) is 4.98 Å². The van der Waals surface area contributed by atoms with E-state index in [1.54, 1.807) is 0 Å². The van der Waals surface area contributed by atoms with Gasteiger partial charge in [-0.1, -0.05) is 133 Å². The van der Waals surface area contributed by atoms with Gasteiger partial charge in [0.1, 0.15) is 0 Å². The van der Waals surface area contributed by atoms with Crippen molar-refractivity contribution in [2.75, 3.05) is 0 Å². The predicted molar refractivity (Wildman–Crippen MR) is 221 cm³/mol. The van der Waals surface area contributed by atoms with Crippen LogP contribution in [0.2, 0.25) is 0 Å². The maximum atomic E-state index is 5.21. The monoisotopic (exact) mass is 687 g/mol. The van der Waals surface area contributed by atoms with Gasteiger partial charge in [-0.05, 0) is 75.5 Å². The van der Waals surface area contributed by atoms with Crippen LogP contribution in [0.1, 0.15) is 0 Å². The summed E-state index contributed by atoms with van der Waals surface area (Å²) in [6.45, 7) is 0. The number of nitrogens with zero attached hydrogens (tertiary/aromatic N) is 5. The first kappa shape index (κ1) is 29.2. The Hall–Kier alpha value is -7.37. The molecule has 11 aromatic rings. The minimum Gasteiger partial charge on any atom is -0.309 e. The number of aromatic nitrogens is 5. The Bertz CT molecular complexity index is 3250. The van der Waals surface area contributed by atoms with E-state index in [9.17, 15) is 0 Å². The summed E-state index contributed by atoms with van der Waals surface area (Å²) in [5.74, 6) is 1.87. The van der Waals surface area contributed by atoms with Crippen LogP contribution in [0.5, 0.6) is 0 Å². The summed E-state index contributed by atoms with van der Waals surface area (Å²) in [4.78, 5) is 15.4. The zero-order valence-corrected chi connectivity index (χ0v) is 29.0. The molecular weight excluding hydrogens is 659 g/mol. The molecule has 0 radical (unpaired) electrons. The highest BCUT2D eigenvalue weighted by atomic mass is 15.2. The lowest BCUT2D eigenvalue weighted by molar-refractivity contribution is 0.953. The second-order valence-electron chi connectivity index (χ2n) is 14.0. The van der Waals surface area contributed by atoms with Crippen LogP contribution in [0.3, 0.4) is 0 Å². The van der Waals surface area contributed by atoms with Gasteiger partial charge in [-0.15, -0.1) is 0 Å². The smallest absolute Gasteiger partial charge is 0.238 e. The van der Waals surface area contributed by atoms with Crippen LogP contribution in [0, 0.1) is 0 Å². The van der Waals surface area contributed by atoms with Crippen LogP contribution in [0.4, 0.5) is 0 Å². The Morgan fingerprint density at radius 1 is 0.333 bits per heavy atom. The van der Waals surface area contributed by atoms with Crippen molar-refractivity contribution in [2.24, 2.45) is 0 Å². The molecule has 0 atom stereocenters. The van der Waals surface area contributed by atoms with E-state index in [1.807, 2.05) is 36.4 Å². The molecule has 12 rings (SSSR count). The average Bonchev–Trinajstić information content (AvgIpc) is 3.72. The molecule has 3 heterocycles. The molecule has 54 heavy (non-hydrogen) atoms. The van der Waals surface area contributed by atoms with Gasteiger partial charge in [-0.3, -0.25) is 4.57 Å². The number of hydrogen-bond acceptors (Lipinski definition) is 3. The maximum Gasteiger partial charge on any atom is 0.238 e. The van der Waals surface area contributed by atoms with Gasteiger partial charge >= 0.3 is 0 Å². The molecular formula is C49H29N5. The molecule has 3 aromatic heterocycles. The standard InChI is InChI=1S/C49H29N5/c1-4-14-31(15-5-1)47-50-48(32-16-6-2-7-17-32)52-49(51-47)54-41-25-13-23-36-38-29-43-39(34-21-10-11-24-40(34)53(43)33-19-8-3-9-20-33)28-37(38)35-22-12-18-30-26-27-42(54)46(44(30)35)45(36)41/h1-29H. The van der Waals surface area contributed by atoms with Crippen LogP contribution >= 0.6 is 0 Å². The first-order valence-corrected chi connectivity index (χ1v) is 18.3. The minimum absolute atomic E-state index is 0.595. The van der Waals surface area contributed by atoms with E-state index in [1.165, 1.54) is 65.6 Å². The highest BCUT2D eigenvalue weighted by Gasteiger charge is 2.27. The largest absolute Gasteiger partial charge is 0.309 e. The zero-order chi connectivity index (χ0) is 35.3. The van der Waals surface area contributed by atoms with Crippen molar-refractivity contribution < 1.29 is 0 Å². The van der Waals surface area contributed by atoms with E-state index < -0.39 is 0 Å². The quantitative estimate of drug-likeness (QED) is 0.185. The number of benzene rings is 8. The first-order valence-electron chi connectivity index (χ1n) is 18.3. The molecule has 1 aliphatic carbocycles. The number of fused-ring (bicyclic) bond motifs is 6. The van der Waals surface area contributed by atoms with E-state index in [4.69, 9.17) is 15.0 Å². The van der Waals surface area contributed by atoms with Crippen molar-refractivity contribution >= 4 is 54.4 Å². The molecule has 5 nitrogen and oxygen atoms in total. The summed E-state index contributed by atoms with van der Waals surface area (Å²) < 4.78 is 4.65. The molecule has 8 aromatic carbocycles. The van der Waals surface area contributed by atoms with Gasteiger partial charge in [0.15, 0.2) is 11.6 Å². The summed E-state index contributed by atoms with van der Waals surface area (Å²) in [6.07, 6.45) is 0. The third kappa shape index (κ3) is 4.06. The highest BCUT2D eigenvalue weighted by Crippen LogP contribution is 2.51. The highest BCUT2D eigenvalue weighted by molar-refractivity contribution is 6.31. The van der Waals surface area contributed by atoms with E-state index in [2.05, 4.69) is 149 Å². The van der Waals surface area contributed by atoms with Crippen molar-refractivity contribution in [3.05, 3.63) is 176 Å². The summed E-state index contributed by atoms with van der Waals surface area (Å²) in [5.41, 5.74) is 12.4. The van der Waals surface area contributed by atoms with Gasteiger partial charge in [0.2, 0.25) is 5.95 Å². The van der Waals surface area contributed by atoms with E-state index in [0.717, 1.165) is 27.8 Å². The molecule has 250 valence electrons. The number of hydrogen-bond donors (Lipinski definition) is 0. The van der Waals surface area contributed by atoms with Gasteiger partial charge in [-0.2, -0.15) is 9.97 Å². The Kier molecular flexibility index (Phi) is 5.99. The normalized spacial score (nSPS) is 12.1. The third-order valence-corrected chi connectivity index (χ3v) is 11.1. The van der Waals surface area contributed by atoms with Crippen LogP contribution in [-0.2, 0) is 0 Å². The Morgan fingerprint density at radius 2 is 0.926 bits per heavy atom. The van der Waals surface area contributed by atoms with Crippen molar-refractivity contribution in [1.82, 2.24) is 24.1 Å². The van der Waals surface area contributed by atoms with Gasteiger partial charge in [0.05, 0.1) is 22.1 Å². The second-order valence-corrected chi connectivity index (χ2v) is 14.0. The molecule has 0 aliphatic heterocycles. The molecule has 0 unspecified atom stereocenters. The Morgan fingerprint density at radius 3 is 1.67 bits per heavy atom. The summed E-state index contributed by atoms with van der Waals surface area (Å²) in [5, 5.41) is 7.36. The summed E-state index contributed by atoms with van der Waals surface area (Å²) in [7, 11) is 0. The summed E-state index contributed by atoms with van der Waals surface area (Å²) >= 11 is 0. The van der Waals surface area contributed by atoms with E-state index in [-0.39, 0.29) is 0 Å². The van der Waals surface area contributed by atoms with E-state index in [0.29, 0.717) is 17.6 Å².